The number of aliphatic carboxylic acids is 1. The Morgan fingerprint density at radius 2 is 2.06 bits per heavy atom. The summed E-state index contributed by atoms with van der Waals surface area (Å²) in [6.07, 6.45) is 0.0417. The van der Waals surface area contributed by atoms with Gasteiger partial charge in [0.05, 0.1) is 18.5 Å². The average Bonchev–Trinajstić information content (AvgIpc) is 2.08. The number of amides is 1. The molecule has 0 spiro atoms. The molecule has 1 saturated heterocycles. The molecule has 1 rings (SSSR count). The zero-order valence-electron chi connectivity index (χ0n) is 10.4. The van der Waals surface area contributed by atoms with Gasteiger partial charge in [-0.3, -0.25) is 14.5 Å². The predicted octanol–water partition coefficient (Wildman–Crippen LogP) is -0.754. The molecule has 0 aromatic rings. The molecule has 6 nitrogen and oxygen atoms in total. The SMILES string of the molecule is CC(C)CN(CC(N)=O)C1(CC(=O)O)CNC1. The van der Waals surface area contributed by atoms with Gasteiger partial charge in [0.2, 0.25) is 5.91 Å². The van der Waals surface area contributed by atoms with Crippen molar-refractivity contribution in [1.82, 2.24) is 10.2 Å². The van der Waals surface area contributed by atoms with Gasteiger partial charge in [0.1, 0.15) is 0 Å². The van der Waals surface area contributed by atoms with Crippen LogP contribution in [-0.2, 0) is 9.59 Å². The number of nitrogens with one attached hydrogen (secondary N) is 1. The number of carbonyl (C=O) groups is 2. The Morgan fingerprint density at radius 3 is 2.35 bits per heavy atom. The van der Waals surface area contributed by atoms with Crippen LogP contribution in [0.4, 0.5) is 0 Å². The first kappa shape index (κ1) is 13.9. The summed E-state index contributed by atoms with van der Waals surface area (Å²) >= 11 is 0. The van der Waals surface area contributed by atoms with Crippen LogP contribution < -0.4 is 11.1 Å². The van der Waals surface area contributed by atoms with Crippen LogP contribution in [0.1, 0.15) is 20.3 Å². The Bertz CT molecular complexity index is 300. The number of carboxylic acid groups (broad SMARTS) is 1. The molecule has 0 radical (unpaired) electrons. The van der Waals surface area contributed by atoms with E-state index in [1.54, 1.807) is 0 Å². The van der Waals surface area contributed by atoms with Crippen molar-refractivity contribution in [1.29, 1.82) is 0 Å². The normalized spacial score (nSPS) is 18.1. The van der Waals surface area contributed by atoms with E-state index < -0.39 is 17.4 Å². The van der Waals surface area contributed by atoms with Crippen LogP contribution in [0.3, 0.4) is 0 Å². The van der Waals surface area contributed by atoms with Crippen LogP contribution in [0.2, 0.25) is 0 Å². The van der Waals surface area contributed by atoms with Gasteiger partial charge in [-0.1, -0.05) is 13.8 Å². The van der Waals surface area contributed by atoms with Gasteiger partial charge in [-0.2, -0.15) is 0 Å². The average molecular weight is 243 g/mol. The van der Waals surface area contributed by atoms with E-state index >= 15 is 0 Å². The van der Waals surface area contributed by atoms with Crippen molar-refractivity contribution in [2.45, 2.75) is 25.8 Å². The molecule has 17 heavy (non-hydrogen) atoms. The van der Waals surface area contributed by atoms with Crippen LogP contribution in [0.15, 0.2) is 0 Å². The standard InChI is InChI=1S/C11H21N3O3/c1-8(2)4-14(5-9(12)15)11(3-10(16)17)6-13-7-11/h8,13H,3-7H2,1-2H3,(H2,12,15)(H,16,17). The van der Waals surface area contributed by atoms with E-state index in [9.17, 15) is 9.59 Å². The number of rotatable bonds is 7. The summed E-state index contributed by atoms with van der Waals surface area (Å²) in [4.78, 5) is 23.9. The highest BCUT2D eigenvalue weighted by molar-refractivity contribution is 5.76. The largest absolute Gasteiger partial charge is 0.481 e. The first-order valence-corrected chi connectivity index (χ1v) is 5.81. The number of nitrogens with two attached hydrogens (primary N) is 1. The van der Waals surface area contributed by atoms with Crippen molar-refractivity contribution in [3.63, 3.8) is 0 Å². The number of nitrogens with zero attached hydrogens (tertiary/aromatic N) is 1. The fourth-order valence-electron chi connectivity index (χ4n) is 2.21. The second-order valence-electron chi connectivity index (χ2n) is 5.14. The molecular formula is C11H21N3O3. The second-order valence-corrected chi connectivity index (χ2v) is 5.14. The number of hydrogen-bond donors (Lipinski definition) is 3. The maximum absolute atomic E-state index is 11.1. The van der Waals surface area contributed by atoms with Gasteiger partial charge < -0.3 is 16.2 Å². The topological polar surface area (TPSA) is 95.7 Å². The summed E-state index contributed by atoms with van der Waals surface area (Å²) in [7, 11) is 0. The fraction of sp³-hybridized carbons (Fsp3) is 0.818. The molecule has 1 aliphatic heterocycles. The Kier molecular flexibility index (Phi) is 4.47. The monoisotopic (exact) mass is 243 g/mol. The van der Waals surface area contributed by atoms with E-state index in [1.165, 1.54) is 0 Å². The number of carboxylic acids is 1. The molecule has 0 saturated carbocycles. The van der Waals surface area contributed by atoms with Gasteiger partial charge >= 0.3 is 5.97 Å². The first-order valence-electron chi connectivity index (χ1n) is 5.81. The first-order chi connectivity index (χ1) is 7.85. The van der Waals surface area contributed by atoms with Crippen molar-refractivity contribution < 1.29 is 14.7 Å². The van der Waals surface area contributed by atoms with Crippen LogP contribution in [-0.4, -0.2) is 53.6 Å². The van der Waals surface area contributed by atoms with Gasteiger partial charge in [-0.15, -0.1) is 0 Å². The quantitative estimate of drug-likeness (QED) is 0.546. The van der Waals surface area contributed by atoms with E-state index in [0.717, 1.165) is 0 Å². The molecule has 0 aromatic carbocycles. The molecule has 1 fully saturated rings. The Morgan fingerprint density at radius 1 is 1.47 bits per heavy atom. The van der Waals surface area contributed by atoms with E-state index in [2.05, 4.69) is 5.32 Å². The van der Waals surface area contributed by atoms with Crippen molar-refractivity contribution in [3.05, 3.63) is 0 Å². The summed E-state index contributed by atoms with van der Waals surface area (Å²) in [5.74, 6) is -0.896. The molecule has 0 aromatic heterocycles. The molecule has 0 bridgehead atoms. The molecule has 0 unspecified atom stereocenters. The fourth-order valence-corrected chi connectivity index (χ4v) is 2.21. The zero-order chi connectivity index (χ0) is 13.1. The van der Waals surface area contributed by atoms with Gasteiger partial charge in [-0.05, 0) is 5.92 Å². The Labute approximate surface area is 101 Å². The van der Waals surface area contributed by atoms with Crippen molar-refractivity contribution in [2.24, 2.45) is 11.7 Å². The maximum atomic E-state index is 11.1. The minimum Gasteiger partial charge on any atom is -0.481 e. The highest BCUT2D eigenvalue weighted by Gasteiger charge is 2.44. The predicted molar refractivity (Wildman–Crippen MR) is 63.5 cm³/mol. The number of hydrogen-bond acceptors (Lipinski definition) is 4. The molecule has 0 aliphatic carbocycles. The molecule has 98 valence electrons. The van der Waals surface area contributed by atoms with Crippen LogP contribution >= 0.6 is 0 Å². The Hall–Kier alpha value is -1.14. The number of primary amides is 1. The molecule has 1 amide bonds. The summed E-state index contributed by atoms with van der Waals surface area (Å²) < 4.78 is 0. The second kappa shape index (κ2) is 5.46. The van der Waals surface area contributed by atoms with E-state index in [-0.39, 0.29) is 13.0 Å². The van der Waals surface area contributed by atoms with Gasteiger partial charge in [-0.25, -0.2) is 0 Å². The van der Waals surface area contributed by atoms with Crippen molar-refractivity contribution >= 4 is 11.9 Å². The van der Waals surface area contributed by atoms with Gasteiger partial charge in [0.15, 0.2) is 0 Å². The summed E-state index contributed by atoms with van der Waals surface area (Å²) in [6, 6.07) is 0. The summed E-state index contributed by atoms with van der Waals surface area (Å²) in [6.45, 7) is 6.06. The molecule has 6 heteroatoms. The molecule has 1 heterocycles. The lowest BCUT2D eigenvalue weighted by atomic mass is 9.85. The van der Waals surface area contributed by atoms with Crippen molar-refractivity contribution in [2.75, 3.05) is 26.2 Å². The summed E-state index contributed by atoms with van der Waals surface area (Å²) in [5.41, 5.74) is 4.77. The Balaban J connectivity index is 2.77. The van der Waals surface area contributed by atoms with E-state index in [4.69, 9.17) is 10.8 Å². The van der Waals surface area contributed by atoms with Crippen molar-refractivity contribution in [3.8, 4) is 0 Å². The third kappa shape index (κ3) is 3.67. The van der Waals surface area contributed by atoms with E-state index in [0.29, 0.717) is 25.6 Å². The third-order valence-electron chi connectivity index (χ3n) is 2.99. The summed E-state index contributed by atoms with van der Waals surface area (Å²) in [5, 5.41) is 12.0. The third-order valence-corrected chi connectivity index (χ3v) is 2.99. The lowest BCUT2D eigenvalue weighted by Crippen LogP contribution is -2.71. The van der Waals surface area contributed by atoms with Gasteiger partial charge in [0, 0.05) is 19.6 Å². The van der Waals surface area contributed by atoms with Crippen LogP contribution in [0.5, 0.6) is 0 Å². The number of carbonyl (C=O) groups excluding carboxylic acids is 1. The highest BCUT2D eigenvalue weighted by atomic mass is 16.4. The molecule has 1 aliphatic rings. The molecule has 0 atom stereocenters. The highest BCUT2D eigenvalue weighted by Crippen LogP contribution is 2.25. The molecule has 4 N–H and O–H groups in total. The molecular weight excluding hydrogens is 222 g/mol. The minimum atomic E-state index is -0.843. The maximum Gasteiger partial charge on any atom is 0.305 e. The smallest absolute Gasteiger partial charge is 0.305 e. The lowest BCUT2D eigenvalue weighted by molar-refractivity contribution is -0.143. The van der Waals surface area contributed by atoms with Crippen LogP contribution in [0, 0.1) is 5.92 Å². The zero-order valence-corrected chi connectivity index (χ0v) is 10.4. The van der Waals surface area contributed by atoms with Crippen LogP contribution in [0.25, 0.3) is 0 Å². The minimum absolute atomic E-state index is 0.0417. The lowest BCUT2D eigenvalue weighted by Gasteiger charge is -2.50. The van der Waals surface area contributed by atoms with Gasteiger partial charge in [0.25, 0.3) is 0 Å². The van der Waals surface area contributed by atoms with E-state index in [1.807, 2.05) is 18.7 Å².